The lowest BCUT2D eigenvalue weighted by atomic mass is 10.0. The molecule has 0 atom stereocenters. The van der Waals surface area contributed by atoms with Crippen molar-refractivity contribution in [1.29, 1.82) is 0 Å². The molecular weight excluding hydrogens is 376 g/mol. The average Bonchev–Trinajstić information content (AvgIpc) is 2.72. The second kappa shape index (κ2) is 7.76. The summed E-state index contributed by atoms with van der Waals surface area (Å²) >= 11 is 0. The van der Waals surface area contributed by atoms with Crippen LogP contribution in [0.25, 0.3) is 16.6 Å². The fourth-order valence-electron chi connectivity index (χ4n) is 3.22. The molecule has 0 amide bonds. The van der Waals surface area contributed by atoms with Crippen LogP contribution in [-0.4, -0.2) is 14.7 Å². The third-order valence-electron chi connectivity index (χ3n) is 4.99. The first kappa shape index (κ1) is 19.9. The predicted octanol–water partition coefficient (Wildman–Crippen LogP) is 4.50. The zero-order chi connectivity index (χ0) is 21.3. The molecule has 0 fully saturated rings. The van der Waals surface area contributed by atoms with Crippen LogP contribution in [0.2, 0.25) is 0 Å². The second-order valence-corrected chi connectivity index (χ2v) is 7.98. The number of pyridine rings is 2. The van der Waals surface area contributed by atoms with Gasteiger partial charge in [-0.1, -0.05) is 35.9 Å². The van der Waals surface area contributed by atoms with Crippen LogP contribution < -0.4 is 10.3 Å². The van der Waals surface area contributed by atoms with Crippen LogP contribution in [0.4, 0.5) is 0 Å². The lowest BCUT2D eigenvalue weighted by molar-refractivity contribution is 0.0742. The van der Waals surface area contributed by atoms with Gasteiger partial charge < -0.3 is 9.84 Å². The molecule has 0 aliphatic carbocycles. The van der Waals surface area contributed by atoms with Crippen molar-refractivity contribution in [2.75, 3.05) is 0 Å². The molecule has 5 heteroatoms. The van der Waals surface area contributed by atoms with Gasteiger partial charge >= 0.3 is 0 Å². The fourth-order valence-corrected chi connectivity index (χ4v) is 3.22. The summed E-state index contributed by atoms with van der Waals surface area (Å²) in [6.07, 6.45) is 1.71. The van der Waals surface area contributed by atoms with E-state index in [1.807, 2.05) is 55.5 Å². The SMILES string of the molecule is Cc1ccc(COc2ccn(-c3ccc4nc(C(C)(C)O)ccc4c3)c(=O)c2)cc1. The number of ether oxygens (including phenoxy) is 1. The maximum Gasteiger partial charge on any atom is 0.258 e. The van der Waals surface area contributed by atoms with Crippen molar-refractivity contribution in [3.05, 3.63) is 100 Å². The van der Waals surface area contributed by atoms with Crippen LogP contribution in [0.1, 0.15) is 30.7 Å². The molecular formula is C25H24N2O3. The van der Waals surface area contributed by atoms with Crippen molar-refractivity contribution in [2.24, 2.45) is 0 Å². The smallest absolute Gasteiger partial charge is 0.258 e. The second-order valence-electron chi connectivity index (χ2n) is 7.98. The molecule has 0 saturated heterocycles. The first-order valence-corrected chi connectivity index (χ1v) is 9.85. The molecule has 2 heterocycles. The molecule has 2 aromatic carbocycles. The van der Waals surface area contributed by atoms with Crippen LogP contribution in [0.3, 0.4) is 0 Å². The average molecular weight is 400 g/mol. The maximum atomic E-state index is 12.7. The third-order valence-corrected chi connectivity index (χ3v) is 4.99. The van der Waals surface area contributed by atoms with Gasteiger partial charge in [0.05, 0.1) is 11.2 Å². The minimum atomic E-state index is -1.00. The van der Waals surface area contributed by atoms with Crippen LogP contribution in [0.5, 0.6) is 5.75 Å². The van der Waals surface area contributed by atoms with Gasteiger partial charge in [-0.3, -0.25) is 9.36 Å². The van der Waals surface area contributed by atoms with Gasteiger partial charge in [0.15, 0.2) is 0 Å². The van der Waals surface area contributed by atoms with Crippen LogP contribution in [0.15, 0.2) is 77.7 Å². The number of rotatable bonds is 5. The maximum absolute atomic E-state index is 12.7. The molecule has 0 aliphatic heterocycles. The summed E-state index contributed by atoms with van der Waals surface area (Å²) in [5.41, 5.74) is 3.20. The summed E-state index contributed by atoms with van der Waals surface area (Å²) in [6, 6.07) is 20.7. The van der Waals surface area contributed by atoms with Gasteiger partial charge in [0.1, 0.15) is 18.0 Å². The van der Waals surface area contributed by atoms with E-state index < -0.39 is 5.60 Å². The molecule has 4 rings (SSSR count). The summed E-state index contributed by atoms with van der Waals surface area (Å²) in [5.74, 6) is 0.536. The molecule has 1 N–H and O–H groups in total. The van der Waals surface area contributed by atoms with E-state index in [-0.39, 0.29) is 5.56 Å². The molecule has 2 aromatic heterocycles. The first-order chi connectivity index (χ1) is 14.3. The van der Waals surface area contributed by atoms with Crippen LogP contribution in [-0.2, 0) is 12.2 Å². The lowest BCUT2D eigenvalue weighted by Crippen LogP contribution is -2.18. The normalized spacial score (nSPS) is 11.6. The van der Waals surface area contributed by atoms with E-state index in [2.05, 4.69) is 4.98 Å². The quantitative estimate of drug-likeness (QED) is 0.536. The highest BCUT2D eigenvalue weighted by Crippen LogP contribution is 2.23. The molecule has 0 spiro atoms. The molecule has 0 saturated carbocycles. The Bertz CT molecular complexity index is 1250. The molecule has 152 valence electrons. The number of aliphatic hydroxyl groups is 1. The largest absolute Gasteiger partial charge is 0.489 e. The van der Waals surface area contributed by atoms with E-state index in [1.165, 1.54) is 11.6 Å². The lowest BCUT2D eigenvalue weighted by Gasteiger charge is -2.17. The van der Waals surface area contributed by atoms with Crippen molar-refractivity contribution in [1.82, 2.24) is 9.55 Å². The zero-order valence-corrected chi connectivity index (χ0v) is 17.3. The number of aromatic nitrogens is 2. The highest BCUT2D eigenvalue weighted by atomic mass is 16.5. The Morgan fingerprint density at radius 1 is 1.00 bits per heavy atom. The van der Waals surface area contributed by atoms with Gasteiger partial charge in [-0.15, -0.1) is 0 Å². The number of aryl methyl sites for hydroxylation is 1. The number of nitrogens with zero attached hydrogens (tertiary/aromatic N) is 2. The fraction of sp³-hybridized carbons (Fsp3) is 0.200. The zero-order valence-electron chi connectivity index (χ0n) is 17.3. The minimum Gasteiger partial charge on any atom is -0.489 e. The molecule has 0 radical (unpaired) electrons. The summed E-state index contributed by atoms with van der Waals surface area (Å²) in [7, 11) is 0. The topological polar surface area (TPSA) is 64.3 Å². The number of fused-ring (bicyclic) bond motifs is 1. The van der Waals surface area contributed by atoms with E-state index in [1.54, 1.807) is 36.7 Å². The predicted molar refractivity (Wildman–Crippen MR) is 118 cm³/mol. The Morgan fingerprint density at radius 3 is 2.47 bits per heavy atom. The molecule has 4 aromatic rings. The highest BCUT2D eigenvalue weighted by Gasteiger charge is 2.17. The monoisotopic (exact) mass is 400 g/mol. The summed E-state index contributed by atoms with van der Waals surface area (Å²) in [5, 5.41) is 11.0. The standard InChI is InChI=1S/C25H24N2O3/c1-17-4-6-18(7-5-17)16-30-21-12-13-27(24(28)15-21)20-9-10-22-19(14-20)8-11-23(26-22)25(2,3)29/h4-15,29H,16H2,1-3H3. The highest BCUT2D eigenvalue weighted by molar-refractivity contribution is 5.81. The molecule has 30 heavy (non-hydrogen) atoms. The Labute approximate surface area is 175 Å². The Kier molecular flexibility index (Phi) is 5.14. The van der Waals surface area contributed by atoms with Crippen molar-refractivity contribution in [2.45, 2.75) is 33.0 Å². The van der Waals surface area contributed by atoms with E-state index in [4.69, 9.17) is 4.74 Å². The third kappa shape index (κ3) is 4.26. The van der Waals surface area contributed by atoms with Crippen LogP contribution >= 0.6 is 0 Å². The van der Waals surface area contributed by atoms with Gasteiger partial charge in [0.25, 0.3) is 5.56 Å². The summed E-state index contributed by atoms with van der Waals surface area (Å²) < 4.78 is 7.34. The Balaban J connectivity index is 1.57. The molecule has 0 bridgehead atoms. The van der Waals surface area contributed by atoms with Crippen molar-refractivity contribution in [3.8, 4) is 11.4 Å². The van der Waals surface area contributed by atoms with Gasteiger partial charge in [0, 0.05) is 23.3 Å². The van der Waals surface area contributed by atoms with E-state index in [0.717, 1.165) is 22.2 Å². The van der Waals surface area contributed by atoms with E-state index >= 15 is 0 Å². The van der Waals surface area contributed by atoms with E-state index in [0.29, 0.717) is 18.1 Å². The van der Waals surface area contributed by atoms with Gasteiger partial charge in [-0.25, -0.2) is 4.98 Å². The van der Waals surface area contributed by atoms with Crippen molar-refractivity contribution < 1.29 is 9.84 Å². The molecule has 0 unspecified atom stereocenters. The summed E-state index contributed by atoms with van der Waals surface area (Å²) in [4.78, 5) is 17.2. The molecule has 5 nitrogen and oxygen atoms in total. The summed E-state index contributed by atoms with van der Waals surface area (Å²) in [6.45, 7) is 5.86. The van der Waals surface area contributed by atoms with E-state index in [9.17, 15) is 9.90 Å². The number of hydrogen-bond acceptors (Lipinski definition) is 4. The Morgan fingerprint density at radius 2 is 1.77 bits per heavy atom. The van der Waals surface area contributed by atoms with Crippen molar-refractivity contribution in [3.63, 3.8) is 0 Å². The van der Waals surface area contributed by atoms with Gasteiger partial charge in [-0.2, -0.15) is 0 Å². The number of hydrogen-bond donors (Lipinski definition) is 1. The first-order valence-electron chi connectivity index (χ1n) is 9.85. The molecule has 0 aliphatic rings. The minimum absolute atomic E-state index is 0.170. The van der Waals surface area contributed by atoms with Gasteiger partial charge in [-0.05, 0) is 56.7 Å². The van der Waals surface area contributed by atoms with Crippen LogP contribution in [0, 0.1) is 6.92 Å². The van der Waals surface area contributed by atoms with Gasteiger partial charge in [0.2, 0.25) is 0 Å². The number of benzene rings is 2. The Hall–Kier alpha value is -3.44. The van der Waals surface area contributed by atoms with Crippen molar-refractivity contribution >= 4 is 10.9 Å².